The van der Waals surface area contributed by atoms with Gasteiger partial charge in [0.25, 0.3) is 5.56 Å². The van der Waals surface area contributed by atoms with Crippen molar-refractivity contribution < 1.29 is 30.4 Å². The molecule has 0 aliphatic rings. The minimum Gasteiger partial charge on any atom is -0.368 e. The van der Waals surface area contributed by atoms with Crippen molar-refractivity contribution in [2.24, 2.45) is 7.05 Å². The molecule has 13 heteroatoms. The average molecular weight is 462 g/mol. The summed E-state index contributed by atoms with van der Waals surface area (Å²) in [6, 6.07) is 4.18. The molecule has 0 spiro atoms. The van der Waals surface area contributed by atoms with E-state index in [2.05, 4.69) is 15.3 Å². The van der Waals surface area contributed by atoms with Crippen molar-refractivity contribution in [3.63, 3.8) is 0 Å². The molecule has 3 aromatic rings. The number of hydrogen-bond donors (Lipinski definition) is 1. The summed E-state index contributed by atoms with van der Waals surface area (Å²) in [5, 5.41) is 2.49. The van der Waals surface area contributed by atoms with E-state index in [0.29, 0.717) is 5.56 Å². The summed E-state index contributed by atoms with van der Waals surface area (Å²) in [4.78, 5) is 20.9. The first-order chi connectivity index (χ1) is 14.4. The molecule has 3 rings (SSSR count). The molecule has 31 heavy (non-hydrogen) atoms. The number of benzene rings is 1. The van der Waals surface area contributed by atoms with E-state index in [1.54, 1.807) is 0 Å². The van der Waals surface area contributed by atoms with Crippen molar-refractivity contribution in [3.8, 4) is 11.1 Å². The Balaban J connectivity index is 2.04. The minimum atomic E-state index is -4.62. The summed E-state index contributed by atoms with van der Waals surface area (Å²) < 4.78 is 87.1. The number of alkyl halides is 5. The Kier molecular flexibility index (Phi) is 5.98. The fraction of sp³-hybridized carbons (Fsp3) is 0.278. The van der Waals surface area contributed by atoms with E-state index < -0.39 is 45.2 Å². The molecule has 0 radical (unpaired) electrons. The number of hydrogen-bond acceptors (Lipinski definition) is 6. The molecule has 0 saturated carbocycles. The predicted molar refractivity (Wildman–Crippen MR) is 103 cm³/mol. The highest BCUT2D eigenvalue weighted by molar-refractivity contribution is 7.91. The van der Waals surface area contributed by atoms with Gasteiger partial charge in [-0.2, -0.15) is 22.0 Å². The summed E-state index contributed by atoms with van der Waals surface area (Å²) >= 11 is 0. The zero-order valence-electron chi connectivity index (χ0n) is 15.8. The Bertz CT molecular complexity index is 1270. The van der Waals surface area contributed by atoms with E-state index in [1.807, 2.05) is 0 Å². The zero-order chi connectivity index (χ0) is 23.0. The molecule has 0 atom stereocenters. The van der Waals surface area contributed by atoms with Gasteiger partial charge in [0.1, 0.15) is 11.2 Å². The standard InChI is InChI=1S/C18H15F5N4O3S/c1-27-9-26-14-12(10-2-4-11(5-3-10)18(21,22)23)8-25-15(13(14)16(27)28)24-6-7-31(29,30)17(19)20/h2-5,8-9,17H,6-7H2,1H3,(H,24,25). The number of nitrogens with one attached hydrogen (secondary N) is 1. The molecule has 166 valence electrons. The van der Waals surface area contributed by atoms with E-state index in [9.17, 15) is 35.2 Å². The summed E-state index contributed by atoms with van der Waals surface area (Å²) in [7, 11) is -3.21. The first-order valence-corrected chi connectivity index (χ1v) is 10.4. The molecule has 0 saturated heterocycles. The van der Waals surface area contributed by atoms with Crippen LogP contribution in [-0.2, 0) is 23.1 Å². The highest BCUT2D eigenvalue weighted by Crippen LogP contribution is 2.33. The van der Waals surface area contributed by atoms with Gasteiger partial charge in [-0.1, -0.05) is 12.1 Å². The Morgan fingerprint density at radius 3 is 2.35 bits per heavy atom. The Labute approximate surface area is 172 Å². The number of aromatic nitrogens is 3. The SMILES string of the molecule is Cn1cnc2c(-c3ccc(C(F)(F)F)cc3)cnc(NCCS(=O)(=O)C(F)F)c2c1=O. The normalized spacial score (nSPS) is 12.5. The van der Waals surface area contributed by atoms with Crippen LogP contribution in [-0.4, -0.2) is 41.0 Å². The number of halogens is 5. The molecular weight excluding hydrogens is 447 g/mol. The van der Waals surface area contributed by atoms with Gasteiger partial charge in [0, 0.05) is 25.4 Å². The summed E-state index contributed by atoms with van der Waals surface area (Å²) in [5.74, 6) is -4.51. The van der Waals surface area contributed by atoms with Crippen LogP contribution in [0.3, 0.4) is 0 Å². The van der Waals surface area contributed by atoms with E-state index >= 15 is 0 Å². The molecule has 0 bridgehead atoms. The van der Waals surface area contributed by atoms with Gasteiger partial charge in [0.15, 0.2) is 0 Å². The van der Waals surface area contributed by atoms with Crippen molar-refractivity contribution in [3.05, 3.63) is 52.7 Å². The second-order valence-electron chi connectivity index (χ2n) is 6.53. The molecule has 0 aliphatic carbocycles. The van der Waals surface area contributed by atoms with Crippen LogP contribution in [0.4, 0.5) is 27.8 Å². The maximum atomic E-state index is 12.8. The molecule has 0 fully saturated rings. The molecule has 1 aromatic carbocycles. The van der Waals surface area contributed by atoms with Gasteiger partial charge >= 0.3 is 11.9 Å². The van der Waals surface area contributed by atoms with Crippen molar-refractivity contribution in [1.82, 2.24) is 14.5 Å². The Morgan fingerprint density at radius 2 is 1.77 bits per heavy atom. The van der Waals surface area contributed by atoms with Crippen LogP contribution in [0.2, 0.25) is 0 Å². The smallest absolute Gasteiger partial charge is 0.368 e. The van der Waals surface area contributed by atoms with E-state index in [0.717, 1.165) is 16.7 Å². The molecule has 0 aliphatic heterocycles. The number of fused-ring (bicyclic) bond motifs is 1. The largest absolute Gasteiger partial charge is 0.416 e. The highest BCUT2D eigenvalue weighted by atomic mass is 32.2. The second kappa shape index (κ2) is 8.21. The summed E-state index contributed by atoms with van der Waals surface area (Å²) in [5.41, 5.74) is -0.719. The van der Waals surface area contributed by atoms with Gasteiger partial charge in [-0.05, 0) is 17.7 Å². The molecule has 0 amide bonds. The van der Waals surface area contributed by atoms with Gasteiger partial charge in [0.2, 0.25) is 9.84 Å². The van der Waals surface area contributed by atoms with Gasteiger partial charge in [-0.15, -0.1) is 0 Å². The van der Waals surface area contributed by atoms with Gasteiger partial charge < -0.3 is 9.88 Å². The average Bonchev–Trinajstić information content (AvgIpc) is 2.70. The summed E-state index contributed by atoms with van der Waals surface area (Å²) in [6.45, 7) is -0.438. The number of sulfone groups is 1. The monoisotopic (exact) mass is 462 g/mol. The fourth-order valence-electron chi connectivity index (χ4n) is 2.80. The van der Waals surface area contributed by atoms with Crippen LogP contribution >= 0.6 is 0 Å². The van der Waals surface area contributed by atoms with Crippen LogP contribution in [0.25, 0.3) is 22.0 Å². The van der Waals surface area contributed by atoms with E-state index in [1.165, 1.54) is 31.7 Å². The van der Waals surface area contributed by atoms with Crippen LogP contribution < -0.4 is 10.9 Å². The van der Waals surface area contributed by atoms with Crippen LogP contribution in [0.15, 0.2) is 41.6 Å². The van der Waals surface area contributed by atoms with Gasteiger partial charge in [-0.3, -0.25) is 4.79 Å². The lowest BCUT2D eigenvalue weighted by atomic mass is 10.0. The zero-order valence-corrected chi connectivity index (χ0v) is 16.6. The molecular formula is C18H15F5N4O3S. The number of anilines is 1. The van der Waals surface area contributed by atoms with Gasteiger partial charge in [0.05, 0.1) is 23.2 Å². The number of aryl methyl sites for hydroxylation is 1. The second-order valence-corrected chi connectivity index (χ2v) is 8.62. The van der Waals surface area contributed by atoms with Crippen LogP contribution in [0.1, 0.15) is 5.56 Å². The molecule has 7 nitrogen and oxygen atoms in total. The lowest BCUT2D eigenvalue weighted by molar-refractivity contribution is -0.137. The number of pyridine rings is 1. The third kappa shape index (κ3) is 4.65. The molecule has 2 aromatic heterocycles. The van der Waals surface area contributed by atoms with Crippen molar-refractivity contribution in [1.29, 1.82) is 0 Å². The van der Waals surface area contributed by atoms with Crippen molar-refractivity contribution >= 4 is 26.6 Å². The van der Waals surface area contributed by atoms with Gasteiger partial charge in [-0.25, -0.2) is 18.4 Å². The van der Waals surface area contributed by atoms with Crippen LogP contribution in [0.5, 0.6) is 0 Å². The fourth-order valence-corrected chi connectivity index (χ4v) is 3.36. The minimum absolute atomic E-state index is 0.0585. The maximum Gasteiger partial charge on any atom is 0.416 e. The topological polar surface area (TPSA) is 93.9 Å². The summed E-state index contributed by atoms with van der Waals surface area (Å²) in [6.07, 6.45) is -2.05. The van der Waals surface area contributed by atoms with Crippen LogP contribution in [0, 0.1) is 0 Å². The first-order valence-electron chi connectivity index (χ1n) is 8.67. The maximum absolute atomic E-state index is 12.8. The lowest BCUT2D eigenvalue weighted by Gasteiger charge is -2.13. The molecule has 1 N–H and O–H groups in total. The number of nitrogens with zero attached hydrogens (tertiary/aromatic N) is 3. The van der Waals surface area contributed by atoms with Crippen molar-refractivity contribution in [2.75, 3.05) is 17.6 Å². The molecule has 0 unspecified atom stereocenters. The Hall–Kier alpha value is -3.09. The number of rotatable bonds is 6. The van der Waals surface area contributed by atoms with E-state index in [4.69, 9.17) is 0 Å². The highest BCUT2D eigenvalue weighted by Gasteiger charge is 2.30. The Morgan fingerprint density at radius 1 is 1.13 bits per heavy atom. The lowest BCUT2D eigenvalue weighted by Crippen LogP contribution is -2.23. The predicted octanol–water partition coefficient (Wildman–Crippen LogP) is 3.06. The molecule has 2 heterocycles. The third-order valence-electron chi connectivity index (χ3n) is 4.42. The van der Waals surface area contributed by atoms with E-state index in [-0.39, 0.29) is 22.3 Å². The van der Waals surface area contributed by atoms with Crippen molar-refractivity contribution in [2.45, 2.75) is 11.9 Å². The first kappa shape index (κ1) is 22.6. The third-order valence-corrected chi connectivity index (χ3v) is 5.74. The quantitative estimate of drug-likeness (QED) is 0.566.